The number of allylic oxidation sites excluding steroid dienone is 1. The smallest absolute Gasteiger partial charge is 0.306 e. The number of benzene rings is 2. The third-order valence-electron chi connectivity index (χ3n) is 10.1. The Morgan fingerprint density at radius 2 is 1.90 bits per heavy atom. The van der Waals surface area contributed by atoms with Crippen molar-refractivity contribution in [1.82, 2.24) is 10.2 Å². The quantitative estimate of drug-likeness (QED) is 0.127. The minimum atomic E-state index is -1.38. The summed E-state index contributed by atoms with van der Waals surface area (Å²) in [6.07, 6.45) is 3.84. The van der Waals surface area contributed by atoms with Crippen LogP contribution in [-0.4, -0.2) is 82.1 Å². The standard InChI is InChI=1S/C39H47BrClN3O7/c1-6-8-17-30(46)50-22-29(25-14-10-9-11-15-25)42-36(47)31-32-37(48)44(26(21-45)19-23(3)4)35(39(32)20-27(40)34(31)51-39)38(49)43(18-7-2)33-24(5)13-12-16-28(33)41/h6-7,9-16,23,26-27,29,31-32,34-35,45H,1-2,8,17-22H2,3-5H3,(H,42,47)/t26-,27?,29-,31+,32-,34+,35+,39-/m1/s1. The highest BCUT2D eigenvalue weighted by molar-refractivity contribution is 9.09. The van der Waals surface area contributed by atoms with Gasteiger partial charge in [-0.3, -0.25) is 19.2 Å². The van der Waals surface area contributed by atoms with Crippen LogP contribution < -0.4 is 10.2 Å². The second kappa shape index (κ2) is 16.4. The van der Waals surface area contributed by atoms with E-state index in [0.29, 0.717) is 23.6 Å². The van der Waals surface area contributed by atoms with Crippen molar-refractivity contribution in [3.8, 4) is 0 Å². The Labute approximate surface area is 313 Å². The number of para-hydroxylation sites is 1. The normalized spacial score (nSPS) is 26.1. The highest BCUT2D eigenvalue weighted by Crippen LogP contribution is 2.61. The van der Waals surface area contributed by atoms with Crippen LogP contribution in [0.25, 0.3) is 0 Å². The predicted molar refractivity (Wildman–Crippen MR) is 199 cm³/mol. The van der Waals surface area contributed by atoms with Crippen LogP contribution in [0.15, 0.2) is 73.8 Å². The maximum atomic E-state index is 15.1. The molecule has 2 aromatic carbocycles. The number of amides is 3. The molecule has 1 spiro atoms. The molecule has 0 aliphatic carbocycles. The fourth-order valence-corrected chi connectivity index (χ4v) is 9.30. The number of nitrogens with one attached hydrogen (secondary N) is 1. The molecule has 10 nitrogen and oxygen atoms in total. The number of aliphatic hydroxyl groups excluding tert-OH is 1. The van der Waals surface area contributed by atoms with E-state index in [0.717, 1.165) is 11.1 Å². The van der Waals surface area contributed by atoms with Crippen LogP contribution in [0.1, 0.15) is 56.7 Å². The van der Waals surface area contributed by atoms with Crippen molar-refractivity contribution in [2.75, 3.05) is 24.7 Å². The number of fused-ring (bicyclic) bond motifs is 1. The number of carbonyl (C=O) groups is 4. The number of hydrogen-bond acceptors (Lipinski definition) is 7. The van der Waals surface area contributed by atoms with E-state index < -0.39 is 65.4 Å². The van der Waals surface area contributed by atoms with Gasteiger partial charge in [0, 0.05) is 17.8 Å². The van der Waals surface area contributed by atoms with Gasteiger partial charge in [0.2, 0.25) is 11.8 Å². The largest absolute Gasteiger partial charge is 0.463 e. The number of anilines is 1. The molecule has 8 atom stereocenters. The van der Waals surface area contributed by atoms with Crippen LogP contribution in [0.4, 0.5) is 5.69 Å². The highest BCUT2D eigenvalue weighted by Gasteiger charge is 2.77. The Morgan fingerprint density at radius 1 is 1.18 bits per heavy atom. The number of hydrogen-bond donors (Lipinski definition) is 2. The van der Waals surface area contributed by atoms with Gasteiger partial charge in [0.15, 0.2) is 0 Å². The SMILES string of the molecule is C=CCCC(=O)OC[C@@H](NC(=O)[C@@H]1[C@H]2O[C@@]3(CC2Br)[C@H](C(=O)N(CC=C)c2c(C)cccc2Cl)N([C@@H](CO)CC(C)C)C(=O)[C@@H]13)c1ccccc1. The van der Waals surface area contributed by atoms with Crippen molar-refractivity contribution in [3.63, 3.8) is 0 Å². The molecule has 51 heavy (non-hydrogen) atoms. The Hall–Kier alpha value is -3.51. The summed E-state index contributed by atoms with van der Waals surface area (Å²) < 4.78 is 12.3. The van der Waals surface area contributed by atoms with Crippen LogP contribution in [-0.2, 0) is 28.7 Å². The van der Waals surface area contributed by atoms with Gasteiger partial charge in [0.05, 0.1) is 47.3 Å². The lowest BCUT2D eigenvalue weighted by atomic mass is 9.70. The number of nitrogens with zero attached hydrogens (tertiary/aromatic N) is 2. The van der Waals surface area contributed by atoms with Crippen LogP contribution in [0.3, 0.4) is 0 Å². The van der Waals surface area contributed by atoms with Crippen molar-refractivity contribution >= 4 is 56.9 Å². The van der Waals surface area contributed by atoms with Crippen molar-refractivity contribution in [1.29, 1.82) is 0 Å². The average molecular weight is 785 g/mol. The summed E-state index contributed by atoms with van der Waals surface area (Å²) in [6, 6.07) is 11.9. The summed E-state index contributed by atoms with van der Waals surface area (Å²) in [5, 5.41) is 14.1. The molecule has 2 bridgehead atoms. The van der Waals surface area contributed by atoms with Gasteiger partial charge in [-0.25, -0.2) is 0 Å². The third-order valence-corrected chi connectivity index (χ3v) is 11.3. The van der Waals surface area contributed by atoms with E-state index in [1.807, 2.05) is 57.2 Å². The number of aliphatic hydroxyl groups is 1. The molecule has 2 N–H and O–H groups in total. The monoisotopic (exact) mass is 783 g/mol. The van der Waals surface area contributed by atoms with Gasteiger partial charge in [-0.05, 0) is 49.3 Å². The summed E-state index contributed by atoms with van der Waals surface area (Å²) in [5.41, 5.74) is 0.587. The van der Waals surface area contributed by atoms with E-state index in [1.54, 1.807) is 24.3 Å². The fraction of sp³-hybridized carbons (Fsp3) is 0.487. The van der Waals surface area contributed by atoms with Crippen LogP contribution in [0.2, 0.25) is 5.02 Å². The van der Waals surface area contributed by atoms with Gasteiger partial charge in [-0.15, -0.1) is 13.2 Å². The van der Waals surface area contributed by atoms with Crippen LogP contribution in [0, 0.1) is 24.7 Å². The van der Waals surface area contributed by atoms with E-state index >= 15 is 4.79 Å². The summed E-state index contributed by atoms with van der Waals surface area (Å²) in [5.74, 6) is -3.64. The van der Waals surface area contributed by atoms with Crippen molar-refractivity contribution in [2.24, 2.45) is 17.8 Å². The minimum absolute atomic E-state index is 0.0832. The van der Waals surface area contributed by atoms with E-state index in [1.165, 1.54) is 9.80 Å². The minimum Gasteiger partial charge on any atom is -0.463 e. The summed E-state index contributed by atoms with van der Waals surface area (Å²) in [4.78, 5) is 59.5. The zero-order valence-electron chi connectivity index (χ0n) is 29.3. The second-order valence-corrected chi connectivity index (χ2v) is 15.6. The molecule has 1 unspecified atom stereocenters. The molecule has 3 aliphatic heterocycles. The maximum absolute atomic E-state index is 15.1. The van der Waals surface area contributed by atoms with Gasteiger partial charge in [-0.2, -0.15) is 0 Å². The van der Waals surface area contributed by atoms with Crippen molar-refractivity contribution < 1.29 is 33.8 Å². The van der Waals surface area contributed by atoms with E-state index in [4.69, 9.17) is 21.1 Å². The number of alkyl halides is 1. The fourth-order valence-electron chi connectivity index (χ4n) is 8.04. The molecule has 0 aromatic heterocycles. The molecular formula is C39H47BrClN3O7. The zero-order chi connectivity index (χ0) is 37.0. The number of rotatable bonds is 16. The molecule has 3 saturated heterocycles. The highest BCUT2D eigenvalue weighted by atomic mass is 79.9. The molecule has 3 aliphatic rings. The predicted octanol–water partition coefficient (Wildman–Crippen LogP) is 5.69. The first-order valence-corrected chi connectivity index (χ1v) is 18.7. The van der Waals surface area contributed by atoms with E-state index in [9.17, 15) is 19.5 Å². The van der Waals surface area contributed by atoms with Gasteiger partial charge < -0.3 is 29.7 Å². The Balaban J connectivity index is 1.55. The molecule has 3 amide bonds. The van der Waals surface area contributed by atoms with Gasteiger partial charge in [0.25, 0.3) is 5.91 Å². The average Bonchev–Trinajstić information content (AvgIpc) is 3.70. The van der Waals surface area contributed by atoms with Gasteiger partial charge >= 0.3 is 5.97 Å². The van der Waals surface area contributed by atoms with Crippen molar-refractivity contribution in [3.05, 3.63) is 90.0 Å². The van der Waals surface area contributed by atoms with Gasteiger partial charge in [0.1, 0.15) is 18.2 Å². The lowest BCUT2D eigenvalue weighted by Crippen LogP contribution is -2.59. The lowest BCUT2D eigenvalue weighted by Gasteiger charge is -2.40. The van der Waals surface area contributed by atoms with Crippen LogP contribution >= 0.6 is 27.5 Å². The number of esters is 1. The second-order valence-electron chi connectivity index (χ2n) is 14.0. The molecule has 12 heteroatoms. The molecule has 2 aromatic rings. The third kappa shape index (κ3) is 7.54. The molecular weight excluding hydrogens is 738 g/mol. The van der Waals surface area contributed by atoms with Crippen molar-refractivity contribution in [2.45, 2.75) is 81.1 Å². The first-order valence-electron chi connectivity index (χ1n) is 17.4. The number of carbonyl (C=O) groups excluding carboxylic acids is 4. The molecule has 0 saturated carbocycles. The summed E-state index contributed by atoms with van der Waals surface area (Å²) in [7, 11) is 0. The lowest BCUT2D eigenvalue weighted by molar-refractivity contribution is -0.146. The van der Waals surface area contributed by atoms with E-state index in [2.05, 4.69) is 34.4 Å². The van der Waals surface area contributed by atoms with Gasteiger partial charge in [-0.1, -0.05) is 96.0 Å². The first kappa shape index (κ1) is 38.7. The molecule has 5 rings (SSSR count). The number of likely N-dealkylation sites (tertiary alicyclic amines) is 1. The summed E-state index contributed by atoms with van der Waals surface area (Å²) in [6.45, 7) is 13.0. The number of ether oxygens (including phenoxy) is 2. The molecule has 3 fully saturated rings. The number of aryl methyl sites for hydroxylation is 1. The first-order chi connectivity index (χ1) is 24.4. The Bertz CT molecular complexity index is 1620. The Kier molecular flexibility index (Phi) is 12.5. The Morgan fingerprint density at radius 3 is 2.53 bits per heavy atom. The zero-order valence-corrected chi connectivity index (χ0v) is 31.6. The van der Waals surface area contributed by atoms with Crippen LogP contribution in [0.5, 0.6) is 0 Å². The molecule has 0 radical (unpaired) electrons. The maximum Gasteiger partial charge on any atom is 0.306 e. The van der Waals surface area contributed by atoms with E-state index in [-0.39, 0.29) is 43.3 Å². The summed E-state index contributed by atoms with van der Waals surface area (Å²) >= 11 is 10.4. The topological polar surface area (TPSA) is 125 Å². The number of halogens is 2. The molecule has 274 valence electrons. The molecule has 3 heterocycles.